The Labute approximate surface area is 134 Å². The Kier molecular flexibility index (Phi) is 3.63. The molecule has 3 aromatic rings. The minimum Gasteiger partial charge on any atom is -0.367 e. The topological polar surface area (TPSA) is 80.5 Å². The van der Waals surface area contributed by atoms with Gasteiger partial charge in [-0.25, -0.2) is 9.97 Å². The summed E-state index contributed by atoms with van der Waals surface area (Å²) in [5, 5.41) is 12.3. The summed E-state index contributed by atoms with van der Waals surface area (Å²) >= 11 is 0. The second kappa shape index (κ2) is 5.92. The summed E-state index contributed by atoms with van der Waals surface area (Å²) in [7, 11) is 1.89. The van der Waals surface area contributed by atoms with Gasteiger partial charge in [-0.3, -0.25) is 9.67 Å². The van der Waals surface area contributed by atoms with Gasteiger partial charge in [-0.1, -0.05) is 6.07 Å². The minimum absolute atomic E-state index is 0.439. The van der Waals surface area contributed by atoms with E-state index in [1.807, 2.05) is 37.6 Å². The SMILES string of the molecule is Cn1ncc2c(NC3CC(NCc4ccccn4)C3)ncnc21. The summed E-state index contributed by atoms with van der Waals surface area (Å²) in [4.78, 5) is 12.9. The van der Waals surface area contributed by atoms with E-state index in [1.165, 1.54) is 0 Å². The molecule has 1 fully saturated rings. The summed E-state index contributed by atoms with van der Waals surface area (Å²) in [6.45, 7) is 0.818. The van der Waals surface area contributed by atoms with Gasteiger partial charge in [0.2, 0.25) is 0 Å². The summed E-state index contributed by atoms with van der Waals surface area (Å²) in [5.41, 5.74) is 1.93. The van der Waals surface area contributed by atoms with E-state index in [0.717, 1.165) is 41.9 Å². The molecule has 7 nitrogen and oxygen atoms in total. The Morgan fingerprint density at radius 1 is 1.17 bits per heavy atom. The van der Waals surface area contributed by atoms with Gasteiger partial charge in [-0.05, 0) is 25.0 Å². The molecule has 4 rings (SSSR count). The molecular weight excluding hydrogens is 290 g/mol. The molecule has 2 N–H and O–H groups in total. The van der Waals surface area contributed by atoms with Crippen molar-refractivity contribution in [2.24, 2.45) is 7.05 Å². The van der Waals surface area contributed by atoms with Crippen molar-refractivity contribution in [2.45, 2.75) is 31.5 Å². The first-order chi connectivity index (χ1) is 11.3. The summed E-state index contributed by atoms with van der Waals surface area (Å²) < 4.78 is 1.76. The molecule has 3 heterocycles. The average molecular weight is 309 g/mol. The molecule has 1 aliphatic carbocycles. The number of pyridine rings is 1. The molecule has 7 heteroatoms. The predicted molar refractivity (Wildman–Crippen MR) is 87.8 cm³/mol. The van der Waals surface area contributed by atoms with E-state index in [0.29, 0.717) is 12.1 Å². The van der Waals surface area contributed by atoms with Gasteiger partial charge in [0.1, 0.15) is 12.1 Å². The Morgan fingerprint density at radius 2 is 2.09 bits per heavy atom. The number of rotatable bonds is 5. The zero-order valence-electron chi connectivity index (χ0n) is 13.0. The average Bonchev–Trinajstić information content (AvgIpc) is 2.93. The maximum Gasteiger partial charge on any atom is 0.163 e. The molecule has 0 atom stereocenters. The van der Waals surface area contributed by atoms with Gasteiger partial charge in [-0.2, -0.15) is 5.10 Å². The third kappa shape index (κ3) is 2.87. The van der Waals surface area contributed by atoms with E-state index in [1.54, 1.807) is 11.0 Å². The Hall–Kier alpha value is -2.54. The largest absolute Gasteiger partial charge is 0.367 e. The molecule has 23 heavy (non-hydrogen) atoms. The highest BCUT2D eigenvalue weighted by Crippen LogP contribution is 2.26. The molecule has 0 aliphatic heterocycles. The van der Waals surface area contributed by atoms with Crippen LogP contribution in [0, 0.1) is 0 Å². The number of fused-ring (bicyclic) bond motifs is 1. The summed E-state index contributed by atoms with van der Waals surface area (Å²) in [5.74, 6) is 0.872. The number of nitrogens with one attached hydrogen (secondary N) is 2. The molecule has 1 aliphatic rings. The summed E-state index contributed by atoms with van der Waals surface area (Å²) in [6, 6.07) is 6.97. The molecule has 3 aromatic heterocycles. The highest BCUT2D eigenvalue weighted by Gasteiger charge is 2.29. The van der Waals surface area contributed by atoms with Gasteiger partial charge < -0.3 is 10.6 Å². The highest BCUT2D eigenvalue weighted by molar-refractivity contribution is 5.86. The summed E-state index contributed by atoms with van der Waals surface area (Å²) in [6.07, 6.45) is 7.39. The lowest BCUT2D eigenvalue weighted by molar-refractivity contribution is 0.306. The van der Waals surface area contributed by atoms with E-state index in [2.05, 4.69) is 30.7 Å². The van der Waals surface area contributed by atoms with E-state index in [4.69, 9.17) is 0 Å². The fourth-order valence-corrected chi connectivity index (χ4v) is 2.92. The zero-order chi connectivity index (χ0) is 15.6. The molecule has 0 unspecified atom stereocenters. The number of aromatic nitrogens is 5. The fraction of sp³-hybridized carbons (Fsp3) is 0.375. The zero-order valence-corrected chi connectivity index (χ0v) is 13.0. The smallest absolute Gasteiger partial charge is 0.163 e. The third-order valence-electron chi connectivity index (χ3n) is 4.31. The minimum atomic E-state index is 0.439. The van der Waals surface area contributed by atoms with E-state index < -0.39 is 0 Å². The molecule has 118 valence electrons. The normalized spacial score (nSPS) is 20.4. The monoisotopic (exact) mass is 309 g/mol. The second-order valence-corrected chi connectivity index (χ2v) is 5.94. The molecular formula is C16H19N7. The van der Waals surface area contributed by atoms with Crippen LogP contribution in [0.25, 0.3) is 11.0 Å². The van der Waals surface area contributed by atoms with Crippen molar-refractivity contribution < 1.29 is 0 Å². The van der Waals surface area contributed by atoms with Crippen LogP contribution in [0.4, 0.5) is 5.82 Å². The van der Waals surface area contributed by atoms with Crippen molar-refractivity contribution in [3.63, 3.8) is 0 Å². The highest BCUT2D eigenvalue weighted by atomic mass is 15.3. The maximum atomic E-state index is 4.35. The van der Waals surface area contributed by atoms with Gasteiger partial charge in [0.05, 0.1) is 17.3 Å². The second-order valence-electron chi connectivity index (χ2n) is 5.94. The first-order valence-corrected chi connectivity index (χ1v) is 7.82. The third-order valence-corrected chi connectivity index (χ3v) is 4.31. The molecule has 0 saturated heterocycles. The number of hydrogen-bond donors (Lipinski definition) is 2. The van der Waals surface area contributed by atoms with E-state index in [-0.39, 0.29) is 0 Å². The quantitative estimate of drug-likeness (QED) is 0.743. The fourth-order valence-electron chi connectivity index (χ4n) is 2.92. The number of aryl methyl sites for hydroxylation is 1. The van der Waals surface area contributed by atoms with Crippen LogP contribution >= 0.6 is 0 Å². The van der Waals surface area contributed by atoms with Crippen LogP contribution in [0.5, 0.6) is 0 Å². The Bertz CT molecular complexity index is 793. The van der Waals surface area contributed by atoms with E-state index >= 15 is 0 Å². The van der Waals surface area contributed by atoms with Gasteiger partial charge >= 0.3 is 0 Å². The Morgan fingerprint density at radius 3 is 2.91 bits per heavy atom. The molecule has 0 spiro atoms. The lowest BCUT2D eigenvalue weighted by atomic mass is 9.86. The van der Waals surface area contributed by atoms with Crippen molar-refractivity contribution in [3.8, 4) is 0 Å². The van der Waals surface area contributed by atoms with Crippen LogP contribution in [0.1, 0.15) is 18.5 Å². The predicted octanol–water partition coefficient (Wildman–Crippen LogP) is 1.49. The van der Waals surface area contributed by atoms with Crippen molar-refractivity contribution >= 4 is 16.9 Å². The number of anilines is 1. The molecule has 0 aromatic carbocycles. The van der Waals surface area contributed by atoms with Crippen LogP contribution < -0.4 is 10.6 Å². The van der Waals surface area contributed by atoms with Gasteiger partial charge in [0.25, 0.3) is 0 Å². The first kappa shape index (κ1) is 14.1. The van der Waals surface area contributed by atoms with Crippen LogP contribution in [-0.4, -0.2) is 36.8 Å². The maximum absolute atomic E-state index is 4.35. The standard InChI is InChI=1S/C16H19N7/c1-23-16-14(9-21-23)15(19-10-20-16)22-13-6-12(7-13)18-8-11-4-2-3-5-17-11/h2-5,9-10,12-13,18H,6-8H2,1H3,(H,19,20,22). The van der Waals surface area contributed by atoms with Gasteiger partial charge in [0, 0.05) is 31.9 Å². The van der Waals surface area contributed by atoms with Crippen molar-refractivity contribution in [2.75, 3.05) is 5.32 Å². The van der Waals surface area contributed by atoms with Crippen molar-refractivity contribution in [1.29, 1.82) is 0 Å². The van der Waals surface area contributed by atoms with Crippen molar-refractivity contribution in [1.82, 2.24) is 30.0 Å². The van der Waals surface area contributed by atoms with Gasteiger partial charge in [0.15, 0.2) is 5.65 Å². The van der Waals surface area contributed by atoms with Crippen LogP contribution in [0.2, 0.25) is 0 Å². The molecule has 0 radical (unpaired) electrons. The Balaban J connectivity index is 1.32. The first-order valence-electron chi connectivity index (χ1n) is 7.82. The van der Waals surface area contributed by atoms with Crippen molar-refractivity contribution in [3.05, 3.63) is 42.6 Å². The lowest BCUT2D eigenvalue weighted by Crippen LogP contribution is -2.47. The number of nitrogens with zero attached hydrogens (tertiary/aromatic N) is 5. The van der Waals surface area contributed by atoms with E-state index in [9.17, 15) is 0 Å². The molecule has 1 saturated carbocycles. The van der Waals surface area contributed by atoms with Gasteiger partial charge in [-0.15, -0.1) is 0 Å². The number of hydrogen-bond acceptors (Lipinski definition) is 6. The molecule has 0 bridgehead atoms. The van der Waals surface area contributed by atoms with Crippen LogP contribution in [0.15, 0.2) is 36.9 Å². The molecule has 0 amide bonds. The van der Waals surface area contributed by atoms with Crippen LogP contribution in [0.3, 0.4) is 0 Å². The lowest BCUT2D eigenvalue weighted by Gasteiger charge is -2.36. The van der Waals surface area contributed by atoms with Crippen LogP contribution in [-0.2, 0) is 13.6 Å².